The lowest BCUT2D eigenvalue weighted by Gasteiger charge is -2.29. The number of hydrogen-bond acceptors (Lipinski definition) is 1. The molecule has 0 saturated carbocycles. The average Bonchev–Trinajstić information content (AvgIpc) is 1.86. The van der Waals surface area contributed by atoms with E-state index >= 15 is 0 Å². The first kappa shape index (κ1) is 8.44. The molecule has 1 nitrogen and oxygen atoms in total. The van der Waals surface area contributed by atoms with Crippen LogP contribution in [0.1, 0.15) is 6.92 Å². The maximum absolute atomic E-state index is 3.71. The summed E-state index contributed by atoms with van der Waals surface area (Å²) >= 11 is 0. The van der Waals surface area contributed by atoms with E-state index in [1.54, 1.807) is 0 Å². The van der Waals surface area contributed by atoms with Gasteiger partial charge >= 0.3 is 0 Å². The van der Waals surface area contributed by atoms with Gasteiger partial charge in [-0.25, -0.2) is 0 Å². The van der Waals surface area contributed by atoms with Crippen LogP contribution in [0.5, 0.6) is 0 Å². The topological polar surface area (TPSA) is 3.24 Å². The minimum Gasteiger partial charge on any atom is -0.297 e. The van der Waals surface area contributed by atoms with Crippen LogP contribution in [-0.2, 0) is 0 Å². The maximum Gasteiger partial charge on any atom is 0.0536 e. The van der Waals surface area contributed by atoms with Gasteiger partial charge in [0.1, 0.15) is 0 Å². The van der Waals surface area contributed by atoms with Gasteiger partial charge in [0.25, 0.3) is 0 Å². The molecule has 0 aromatic heterocycles. The molecule has 0 unspecified atom stereocenters. The summed E-state index contributed by atoms with van der Waals surface area (Å²) in [5.41, 5.74) is -0.0556. The first-order chi connectivity index (χ1) is 4.06. The Balaban J connectivity index is 4.26. The van der Waals surface area contributed by atoms with Crippen LogP contribution < -0.4 is 0 Å². The van der Waals surface area contributed by atoms with E-state index in [2.05, 4.69) is 25.0 Å². The average molecular weight is 125 g/mol. The van der Waals surface area contributed by atoms with Crippen LogP contribution in [-0.4, -0.2) is 24.5 Å². The van der Waals surface area contributed by atoms with Gasteiger partial charge in [-0.1, -0.05) is 12.2 Å². The van der Waals surface area contributed by atoms with Crippen LogP contribution in [0.4, 0.5) is 0 Å². The second-order valence-electron chi connectivity index (χ2n) is 2.53. The number of rotatable bonds is 3. The van der Waals surface area contributed by atoms with Crippen molar-refractivity contribution < 1.29 is 0 Å². The molecule has 1 heteroatoms. The standard InChI is InChI=1S/C8H15N/c1-6-8(3,7-2)9(4)5/h6-7H,1-2H2,3-5H3. The lowest BCUT2D eigenvalue weighted by atomic mass is 10.0. The van der Waals surface area contributed by atoms with Gasteiger partial charge < -0.3 is 0 Å². The highest BCUT2D eigenvalue weighted by Gasteiger charge is 2.16. The van der Waals surface area contributed by atoms with Gasteiger partial charge in [-0.05, 0) is 21.0 Å². The quantitative estimate of drug-likeness (QED) is 0.519. The fraction of sp³-hybridized carbons (Fsp3) is 0.500. The second kappa shape index (κ2) is 2.83. The minimum absolute atomic E-state index is 0.0556. The molecule has 0 aliphatic heterocycles. The smallest absolute Gasteiger partial charge is 0.0536 e. The van der Waals surface area contributed by atoms with Crippen LogP contribution in [0.3, 0.4) is 0 Å². The summed E-state index contributed by atoms with van der Waals surface area (Å²) in [7, 11) is 4.01. The fourth-order valence-corrected chi connectivity index (χ4v) is 0.448. The Kier molecular flexibility index (Phi) is 2.65. The predicted molar refractivity (Wildman–Crippen MR) is 42.5 cm³/mol. The first-order valence-corrected chi connectivity index (χ1v) is 3.01. The first-order valence-electron chi connectivity index (χ1n) is 3.01. The Hall–Kier alpha value is -0.560. The molecule has 0 amide bonds. The molecule has 0 atom stereocenters. The molecular weight excluding hydrogens is 110 g/mol. The molecule has 0 radical (unpaired) electrons. The van der Waals surface area contributed by atoms with Crippen molar-refractivity contribution in [3.8, 4) is 0 Å². The summed E-state index contributed by atoms with van der Waals surface area (Å²) in [5, 5.41) is 0. The molecule has 0 heterocycles. The number of likely N-dealkylation sites (N-methyl/N-ethyl adjacent to an activating group) is 1. The highest BCUT2D eigenvalue weighted by molar-refractivity contribution is 5.10. The fourth-order valence-electron chi connectivity index (χ4n) is 0.448. The van der Waals surface area contributed by atoms with Crippen molar-refractivity contribution in [3.63, 3.8) is 0 Å². The number of hydrogen-bond donors (Lipinski definition) is 0. The molecule has 0 aliphatic carbocycles. The molecule has 52 valence electrons. The highest BCUT2D eigenvalue weighted by atomic mass is 15.1. The summed E-state index contributed by atoms with van der Waals surface area (Å²) in [6, 6.07) is 0. The minimum atomic E-state index is -0.0556. The van der Waals surface area contributed by atoms with E-state index < -0.39 is 0 Å². The van der Waals surface area contributed by atoms with Gasteiger partial charge in [-0.2, -0.15) is 0 Å². The second-order valence-corrected chi connectivity index (χ2v) is 2.53. The van der Waals surface area contributed by atoms with Gasteiger partial charge in [0.15, 0.2) is 0 Å². The summed E-state index contributed by atoms with van der Waals surface area (Å²) in [5.74, 6) is 0. The SMILES string of the molecule is C=CC(C)(C=C)N(C)C. The predicted octanol–water partition coefficient (Wildman–Crippen LogP) is 1.68. The lowest BCUT2D eigenvalue weighted by Crippen LogP contribution is -2.36. The molecule has 0 spiro atoms. The molecule has 0 saturated heterocycles. The Morgan fingerprint density at radius 1 is 1.22 bits per heavy atom. The summed E-state index contributed by atoms with van der Waals surface area (Å²) < 4.78 is 0. The van der Waals surface area contributed by atoms with Crippen molar-refractivity contribution in [1.29, 1.82) is 0 Å². The summed E-state index contributed by atoms with van der Waals surface area (Å²) in [6.45, 7) is 9.49. The Bertz CT molecular complexity index is 106. The Morgan fingerprint density at radius 3 is 1.56 bits per heavy atom. The number of nitrogens with zero attached hydrogens (tertiary/aromatic N) is 1. The van der Waals surface area contributed by atoms with E-state index in [0.717, 1.165) is 0 Å². The van der Waals surface area contributed by atoms with E-state index in [0.29, 0.717) is 0 Å². The third kappa shape index (κ3) is 1.68. The summed E-state index contributed by atoms with van der Waals surface area (Å²) in [6.07, 6.45) is 3.75. The van der Waals surface area contributed by atoms with E-state index in [1.165, 1.54) is 0 Å². The summed E-state index contributed by atoms with van der Waals surface area (Å²) in [4.78, 5) is 2.06. The molecule has 0 N–H and O–H groups in total. The molecule has 0 aromatic rings. The largest absolute Gasteiger partial charge is 0.297 e. The molecular formula is C8H15N. The molecule has 0 bridgehead atoms. The molecule has 0 aromatic carbocycles. The van der Waals surface area contributed by atoms with Crippen LogP contribution in [0, 0.1) is 0 Å². The molecule has 0 fully saturated rings. The monoisotopic (exact) mass is 125 g/mol. The van der Waals surface area contributed by atoms with Crippen molar-refractivity contribution in [2.24, 2.45) is 0 Å². The van der Waals surface area contributed by atoms with Gasteiger partial charge in [0, 0.05) is 0 Å². The third-order valence-electron chi connectivity index (χ3n) is 1.79. The van der Waals surface area contributed by atoms with Crippen molar-refractivity contribution in [2.75, 3.05) is 14.1 Å². The van der Waals surface area contributed by atoms with Crippen LogP contribution in [0.15, 0.2) is 25.3 Å². The van der Waals surface area contributed by atoms with Gasteiger partial charge in [0.05, 0.1) is 5.54 Å². The highest BCUT2D eigenvalue weighted by Crippen LogP contribution is 2.12. The Labute approximate surface area is 57.7 Å². The van der Waals surface area contributed by atoms with Crippen molar-refractivity contribution in [1.82, 2.24) is 4.90 Å². The Morgan fingerprint density at radius 2 is 1.56 bits per heavy atom. The van der Waals surface area contributed by atoms with E-state index in [1.807, 2.05) is 26.2 Å². The van der Waals surface area contributed by atoms with Crippen LogP contribution >= 0.6 is 0 Å². The zero-order chi connectivity index (χ0) is 7.49. The maximum atomic E-state index is 3.71. The van der Waals surface area contributed by atoms with Gasteiger partial charge in [-0.3, -0.25) is 4.90 Å². The third-order valence-corrected chi connectivity index (χ3v) is 1.79. The zero-order valence-corrected chi connectivity index (χ0v) is 6.52. The van der Waals surface area contributed by atoms with Gasteiger partial charge in [-0.15, -0.1) is 13.2 Å². The molecule has 9 heavy (non-hydrogen) atoms. The normalized spacial score (nSPS) is 11.6. The lowest BCUT2D eigenvalue weighted by molar-refractivity contribution is 0.286. The van der Waals surface area contributed by atoms with Crippen molar-refractivity contribution in [2.45, 2.75) is 12.5 Å². The van der Waals surface area contributed by atoms with E-state index in [9.17, 15) is 0 Å². The van der Waals surface area contributed by atoms with Crippen molar-refractivity contribution in [3.05, 3.63) is 25.3 Å². The van der Waals surface area contributed by atoms with Crippen molar-refractivity contribution >= 4 is 0 Å². The van der Waals surface area contributed by atoms with Crippen LogP contribution in [0.25, 0.3) is 0 Å². The molecule has 0 aliphatic rings. The van der Waals surface area contributed by atoms with E-state index in [4.69, 9.17) is 0 Å². The van der Waals surface area contributed by atoms with Gasteiger partial charge in [0.2, 0.25) is 0 Å². The zero-order valence-electron chi connectivity index (χ0n) is 6.52. The van der Waals surface area contributed by atoms with E-state index in [-0.39, 0.29) is 5.54 Å². The molecule has 0 rings (SSSR count). The van der Waals surface area contributed by atoms with Crippen LogP contribution in [0.2, 0.25) is 0 Å².